The first-order valence-corrected chi connectivity index (χ1v) is 4.88. The van der Waals surface area contributed by atoms with E-state index < -0.39 is 11.9 Å². The third-order valence-electron chi connectivity index (χ3n) is 1.85. The van der Waals surface area contributed by atoms with E-state index in [0.29, 0.717) is 0 Å². The molecule has 0 bridgehead atoms. The van der Waals surface area contributed by atoms with Crippen LogP contribution < -0.4 is 0 Å². The molecule has 103 valence electrons. The van der Waals surface area contributed by atoms with Gasteiger partial charge >= 0.3 is 11.9 Å². The van der Waals surface area contributed by atoms with Crippen LogP contribution in [-0.2, 0) is 17.1 Å². The molecule has 0 aliphatic carbocycles. The molecular formula is C12H10CuN2O4. The Morgan fingerprint density at radius 2 is 1.00 bits per heavy atom. The molecule has 0 aromatic carbocycles. The van der Waals surface area contributed by atoms with Gasteiger partial charge in [-0.25, -0.2) is 9.59 Å². The van der Waals surface area contributed by atoms with E-state index in [-0.39, 0.29) is 28.2 Å². The van der Waals surface area contributed by atoms with Crippen LogP contribution in [0, 0.1) is 0 Å². The zero-order chi connectivity index (χ0) is 13.4. The summed E-state index contributed by atoms with van der Waals surface area (Å²) in [5.74, 6) is -1.84. The molecule has 0 atom stereocenters. The second-order valence-electron chi connectivity index (χ2n) is 3.08. The number of hydrogen-bond acceptors (Lipinski definition) is 4. The van der Waals surface area contributed by atoms with Gasteiger partial charge in [0, 0.05) is 41.9 Å². The van der Waals surface area contributed by atoms with Gasteiger partial charge in [0.15, 0.2) is 0 Å². The molecule has 0 aliphatic heterocycles. The van der Waals surface area contributed by atoms with Crippen molar-refractivity contribution in [1.82, 2.24) is 9.97 Å². The van der Waals surface area contributed by atoms with Gasteiger partial charge in [0.05, 0.1) is 11.1 Å². The number of carbonyl (C=O) groups is 2. The van der Waals surface area contributed by atoms with E-state index in [2.05, 4.69) is 9.97 Å². The second kappa shape index (κ2) is 8.79. The first-order valence-electron chi connectivity index (χ1n) is 4.88. The van der Waals surface area contributed by atoms with Crippen molar-refractivity contribution in [3.05, 3.63) is 60.2 Å². The molecule has 0 saturated heterocycles. The smallest absolute Gasteiger partial charge is 0.335 e. The number of aromatic nitrogens is 2. The Hall–Kier alpha value is -2.24. The maximum Gasteiger partial charge on any atom is 0.335 e. The molecule has 2 heterocycles. The Labute approximate surface area is 119 Å². The van der Waals surface area contributed by atoms with Gasteiger partial charge in [-0.3, -0.25) is 9.97 Å². The van der Waals surface area contributed by atoms with Gasteiger partial charge < -0.3 is 10.2 Å². The standard InChI is InChI=1S/2C6H5NO2.Cu/c2*8-6(9)5-1-3-7-4-2-5;/h2*1-4H,(H,8,9);. The van der Waals surface area contributed by atoms with E-state index in [1.807, 2.05) is 0 Å². The van der Waals surface area contributed by atoms with Gasteiger partial charge in [0.2, 0.25) is 0 Å². The summed E-state index contributed by atoms with van der Waals surface area (Å²) >= 11 is 0. The molecule has 2 aromatic heterocycles. The zero-order valence-corrected chi connectivity index (χ0v) is 10.5. The van der Waals surface area contributed by atoms with E-state index >= 15 is 0 Å². The Morgan fingerprint density at radius 3 is 1.16 bits per heavy atom. The molecule has 2 aromatic rings. The minimum Gasteiger partial charge on any atom is -0.478 e. The number of hydrogen-bond donors (Lipinski definition) is 2. The van der Waals surface area contributed by atoms with E-state index in [0.717, 1.165) is 0 Å². The van der Waals surface area contributed by atoms with Crippen LogP contribution in [0.4, 0.5) is 0 Å². The Bertz CT molecular complexity index is 470. The summed E-state index contributed by atoms with van der Waals surface area (Å²) in [7, 11) is 0. The van der Waals surface area contributed by atoms with Crippen molar-refractivity contribution in [3.63, 3.8) is 0 Å². The van der Waals surface area contributed by atoms with Crippen LogP contribution >= 0.6 is 0 Å². The summed E-state index contributed by atoms with van der Waals surface area (Å²) < 4.78 is 0. The fraction of sp³-hybridized carbons (Fsp3) is 0. The molecule has 1 radical (unpaired) electrons. The van der Waals surface area contributed by atoms with Crippen LogP contribution in [0.3, 0.4) is 0 Å². The van der Waals surface area contributed by atoms with E-state index in [1.165, 1.54) is 49.1 Å². The van der Waals surface area contributed by atoms with Gasteiger partial charge in [-0.05, 0) is 24.3 Å². The van der Waals surface area contributed by atoms with E-state index in [1.54, 1.807) is 0 Å². The topological polar surface area (TPSA) is 100 Å². The SMILES string of the molecule is O=C(O)c1ccncc1.O=C(O)c1ccncc1.[Cu]. The van der Waals surface area contributed by atoms with Crippen molar-refractivity contribution in [1.29, 1.82) is 0 Å². The van der Waals surface area contributed by atoms with Gasteiger partial charge in [0.25, 0.3) is 0 Å². The molecule has 7 heteroatoms. The van der Waals surface area contributed by atoms with Crippen molar-refractivity contribution in [2.75, 3.05) is 0 Å². The maximum atomic E-state index is 10.2. The maximum absolute atomic E-state index is 10.2. The average molecular weight is 310 g/mol. The summed E-state index contributed by atoms with van der Waals surface area (Å²) in [5, 5.41) is 16.7. The molecule has 0 amide bonds. The summed E-state index contributed by atoms with van der Waals surface area (Å²) in [6.07, 6.45) is 5.79. The van der Waals surface area contributed by atoms with Crippen molar-refractivity contribution in [2.24, 2.45) is 0 Å². The molecule has 0 fully saturated rings. The number of nitrogens with zero attached hydrogens (tertiary/aromatic N) is 2. The quantitative estimate of drug-likeness (QED) is 0.816. The predicted octanol–water partition coefficient (Wildman–Crippen LogP) is 1.56. The third kappa shape index (κ3) is 6.30. The van der Waals surface area contributed by atoms with Crippen LogP contribution in [0.2, 0.25) is 0 Å². The van der Waals surface area contributed by atoms with E-state index in [9.17, 15) is 9.59 Å². The van der Waals surface area contributed by atoms with Crippen molar-refractivity contribution >= 4 is 11.9 Å². The molecule has 0 unspecified atom stereocenters. The van der Waals surface area contributed by atoms with Crippen LogP contribution in [0.25, 0.3) is 0 Å². The first-order chi connectivity index (χ1) is 8.61. The van der Waals surface area contributed by atoms with Crippen LogP contribution in [-0.4, -0.2) is 32.1 Å². The minimum atomic E-state index is -0.919. The summed E-state index contributed by atoms with van der Waals surface area (Å²) in [6, 6.07) is 5.79. The van der Waals surface area contributed by atoms with E-state index in [4.69, 9.17) is 10.2 Å². The molecule has 2 N–H and O–H groups in total. The van der Waals surface area contributed by atoms with Gasteiger partial charge in [0.1, 0.15) is 0 Å². The van der Waals surface area contributed by atoms with Gasteiger partial charge in [-0.15, -0.1) is 0 Å². The molecule has 2 rings (SSSR count). The Morgan fingerprint density at radius 1 is 0.737 bits per heavy atom. The zero-order valence-electron chi connectivity index (χ0n) is 9.53. The molecule has 19 heavy (non-hydrogen) atoms. The largest absolute Gasteiger partial charge is 0.478 e. The summed E-state index contributed by atoms with van der Waals surface area (Å²) in [5.41, 5.74) is 0.537. The third-order valence-corrected chi connectivity index (χ3v) is 1.85. The monoisotopic (exact) mass is 309 g/mol. The van der Waals surface area contributed by atoms with Gasteiger partial charge in [-0.2, -0.15) is 0 Å². The average Bonchev–Trinajstić information content (AvgIpc) is 2.41. The summed E-state index contributed by atoms with van der Waals surface area (Å²) in [4.78, 5) is 27.7. The van der Waals surface area contributed by atoms with Crippen LogP contribution in [0.1, 0.15) is 20.7 Å². The fourth-order valence-electron chi connectivity index (χ4n) is 0.989. The Balaban J connectivity index is 0.000000324. The minimum absolute atomic E-state index is 0. The number of aromatic carboxylic acids is 2. The second-order valence-corrected chi connectivity index (χ2v) is 3.08. The van der Waals surface area contributed by atoms with Crippen molar-refractivity contribution in [3.8, 4) is 0 Å². The number of carboxylic acids is 2. The predicted molar refractivity (Wildman–Crippen MR) is 62.4 cm³/mol. The fourth-order valence-corrected chi connectivity index (χ4v) is 0.989. The van der Waals surface area contributed by atoms with Crippen molar-refractivity contribution in [2.45, 2.75) is 0 Å². The number of rotatable bonds is 2. The van der Waals surface area contributed by atoms with Crippen LogP contribution in [0.5, 0.6) is 0 Å². The Kier molecular flexibility index (Phi) is 7.76. The molecule has 6 nitrogen and oxygen atoms in total. The molecular weight excluding hydrogens is 300 g/mol. The van der Waals surface area contributed by atoms with Gasteiger partial charge in [-0.1, -0.05) is 0 Å². The molecule has 0 saturated carbocycles. The number of carboxylic acid groups (broad SMARTS) is 2. The molecule has 0 aliphatic rings. The molecule has 0 spiro atoms. The van der Waals surface area contributed by atoms with Crippen LogP contribution in [0.15, 0.2) is 49.1 Å². The van der Waals surface area contributed by atoms with Crippen molar-refractivity contribution < 1.29 is 36.9 Å². The summed E-state index contributed by atoms with van der Waals surface area (Å²) in [6.45, 7) is 0. The number of pyridine rings is 2. The normalized spacial score (nSPS) is 8.42. The first kappa shape index (κ1) is 16.8.